The molecular formula is C22H25N3O3S. The number of rotatable bonds is 7. The molecule has 3 rings (SSSR count). The van der Waals surface area contributed by atoms with E-state index in [2.05, 4.69) is 29.1 Å². The number of carbonyl (C=O) groups excluding carboxylic acids is 1. The lowest BCUT2D eigenvalue weighted by molar-refractivity contribution is -0.115. The molecule has 0 radical (unpaired) electrons. The molecule has 1 saturated heterocycles. The Bertz CT molecular complexity index is 935. The molecule has 0 bridgehead atoms. The van der Waals surface area contributed by atoms with Crippen molar-refractivity contribution in [1.29, 1.82) is 0 Å². The van der Waals surface area contributed by atoms with Gasteiger partial charge in [0.25, 0.3) is 5.91 Å². The van der Waals surface area contributed by atoms with Gasteiger partial charge in [-0.25, -0.2) is 4.99 Å². The fraction of sp³-hybridized carbons (Fsp3) is 0.273. The number of nitrogens with one attached hydrogen (secondary N) is 1. The summed E-state index contributed by atoms with van der Waals surface area (Å²) in [4.78, 5) is 19.7. The lowest BCUT2D eigenvalue weighted by Gasteiger charge is -2.22. The summed E-state index contributed by atoms with van der Waals surface area (Å²) in [5, 5.41) is 3.36. The van der Waals surface area contributed by atoms with E-state index in [1.165, 1.54) is 11.8 Å². The number of hydrogen-bond donors (Lipinski definition) is 1. The predicted molar refractivity (Wildman–Crippen MR) is 120 cm³/mol. The van der Waals surface area contributed by atoms with Crippen molar-refractivity contribution in [2.75, 3.05) is 32.2 Å². The van der Waals surface area contributed by atoms with Crippen LogP contribution in [-0.2, 0) is 4.79 Å². The topological polar surface area (TPSA) is 63.2 Å². The largest absolute Gasteiger partial charge is 0.497 e. The number of hydrogen-bond acceptors (Lipinski definition) is 6. The SMILES string of the molecule is CCN(CC)c1ccc(C=C2SC(=Nc3ccc(OC)cc3)NC2=O)c(OC)c1. The van der Waals surface area contributed by atoms with Gasteiger partial charge in [0.15, 0.2) is 5.17 Å². The summed E-state index contributed by atoms with van der Waals surface area (Å²) >= 11 is 1.31. The molecule has 0 saturated carbocycles. The van der Waals surface area contributed by atoms with Crippen LogP contribution in [-0.4, -0.2) is 38.4 Å². The first-order valence-electron chi connectivity index (χ1n) is 9.44. The molecule has 2 aromatic rings. The highest BCUT2D eigenvalue weighted by Crippen LogP contribution is 2.32. The van der Waals surface area contributed by atoms with Gasteiger partial charge in [-0.2, -0.15) is 0 Å². The standard InChI is InChI=1S/C22H25N3O3S/c1-5-25(6-2)17-10-7-15(19(14-17)28-4)13-20-21(26)24-22(29-20)23-16-8-11-18(27-3)12-9-16/h7-14H,5-6H2,1-4H3,(H,23,24,26). The second-order valence-electron chi connectivity index (χ2n) is 6.28. The molecule has 152 valence electrons. The molecule has 0 spiro atoms. The Labute approximate surface area is 175 Å². The monoisotopic (exact) mass is 411 g/mol. The van der Waals surface area contributed by atoms with Gasteiger partial charge in [0.1, 0.15) is 11.5 Å². The fourth-order valence-corrected chi connectivity index (χ4v) is 3.83. The van der Waals surface area contributed by atoms with E-state index in [1.54, 1.807) is 14.2 Å². The highest BCUT2D eigenvalue weighted by Gasteiger charge is 2.24. The molecule has 6 nitrogen and oxygen atoms in total. The number of anilines is 1. The average Bonchev–Trinajstić information content (AvgIpc) is 3.09. The Morgan fingerprint density at radius 2 is 1.79 bits per heavy atom. The van der Waals surface area contributed by atoms with E-state index in [0.29, 0.717) is 10.1 Å². The number of carbonyl (C=O) groups is 1. The van der Waals surface area contributed by atoms with Crippen LogP contribution in [0, 0.1) is 0 Å². The van der Waals surface area contributed by atoms with Crippen LogP contribution < -0.4 is 19.7 Å². The molecule has 0 aliphatic carbocycles. The molecule has 1 aliphatic heterocycles. The molecule has 1 aliphatic rings. The lowest BCUT2D eigenvalue weighted by atomic mass is 10.1. The molecule has 1 N–H and O–H groups in total. The summed E-state index contributed by atoms with van der Waals surface area (Å²) in [5.74, 6) is 1.32. The fourth-order valence-electron chi connectivity index (χ4n) is 3.00. The first-order chi connectivity index (χ1) is 14.1. The maximum Gasteiger partial charge on any atom is 0.264 e. The Morgan fingerprint density at radius 1 is 1.07 bits per heavy atom. The summed E-state index contributed by atoms with van der Waals surface area (Å²) in [6, 6.07) is 13.4. The van der Waals surface area contributed by atoms with Crippen LogP contribution in [0.1, 0.15) is 19.4 Å². The predicted octanol–water partition coefficient (Wildman–Crippen LogP) is 4.44. The molecule has 29 heavy (non-hydrogen) atoms. The minimum absolute atomic E-state index is 0.169. The van der Waals surface area contributed by atoms with Gasteiger partial charge in [0.05, 0.1) is 24.8 Å². The highest BCUT2D eigenvalue weighted by atomic mass is 32.2. The third-order valence-electron chi connectivity index (χ3n) is 4.59. The molecule has 1 amide bonds. The molecule has 0 aromatic heterocycles. The molecule has 7 heteroatoms. The van der Waals surface area contributed by atoms with E-state index < -0.39 is 0 Å². The molecule has 0 unspecified atom stereocenters. The van der Waals surface area contributed by atoms with Gasteiger partial charge in [-0.3, -0.25) is 4.79 Å². The molecule has 0 atom stereocenters. The number of amides is 1. The normalized spacial score (nSPS) is 16.2. The summed E-state index contributed by atoms with van der Waals surface area (Å²) in [6.45, 7) is 6.08. The number of thioether (sulfide) groups is 1. The maximum absolute atomic E-state index is 12.4. The summed E-state index contributed by atoms with van der Waals surface area (Å²) < 4.78 is 10.7. The van der Waals surface area contributed by atoms with Crippen LogP contribution >= 0.6 is 11.8 Å². The zero-order valence-electron chi connectivity index (χ0n) is 17.1. The number of aliphatic imine (C=N–C) groups is 1. The van der Waals surface area contributed by atoms with Gasteiger partial charge in [-0.05, 0) is 68.1 Å². The number of nitrogens with zero attached hydrogens (tertiary/aromatic N) is 2. The Morgan fingerprint density at radius 3 is 2.41 bits per heavy atom. The minimum Gasteiger partial charge on any atom is -0.497 e. The zero-order chi connectivity index (χ0) is 20.8. The van der Waals surface area contributed by atoms with Gasteiger partial charge in [0.2, 0.25) is 0 Å². The van der Waals surface area contributed by atoms with Gasteiger partial charge >= 0.3 is 0 Å². The quantitative estimate of drug-likeness (QED) is 0.683. The molecule has 1 fully saturated rings. The highest BCUT2D eigenvalue weighted by molar-refractivity contribution is 8.18. The van der Waals surface area contributed by atoms with Crippen molar-refractivity contribution in [3.63, 3.8) is 0 Å². The smallest absolute Gasteiger partial charge is 0.264 e. The van der Waals surface area contributed by atoms with Gasteiger partial charge < -0.3 is 19.7 Å². The third kappa shape index (κ3) is 4.92. The van der Waals surface area contributed by atoms with Crippen LogP contribution in [0.5, 0.6) is 11.5 Å². The van der Waals surface area contributed by atoms with Gasteiger partial charge in [0, 0.05) is 30.4 Å². The summed E-state index contributed by atoms with van der Waals surface area (Å²) in [6.07, 6.45) is 1.83. The van der Waals surface area contributed by atoms with Crippen molar-refractivity contribution in [1.82, 2.24) is 5.32 Å². The lowest BCUT2D eigenvalue weighted by Crippen LogP contribution is -2.21. The first kappa shape index (κ1) is 20.8. The van der Waals surface area contributed by atoms with E-state index >= 15 is 0 Å². The Balaban J connectivity index is 1.83. The van der Waals surface area contributed by atoms with Crippen LogP contribution in [0.3, 0.4) is 0 Å². The van der Waals surface area contributed by atoms with Crippen molar-refractivity contribution < 1.29 is 14.3 Å². The third-order valence-corrected chi connectivity index (χ3v) is 5.50. The van der Waals surface area contributed by atoms with Crippen LogP contribution in [0.15, 0.2) is 52.4 Å². The summed E-state index contributed by atoms with van der Waals surface area (Å²) in [5.41, 5.74) is 2.70. The number of ether oxygens (including phenoxy) is 2. The van der Waals surface area contributed by atoms with Crippen molar-refractivity contribution in [2.45, 2.75) is 13.8 Å². The van der Waals surface area contributed by atoms with Crippen molar-refractivity contribution in [3.8, 4) is 11.5 Å². The second-order valence-corrected chi connectivity index (χ2v) is 7.31. The van der Waals surface area contributed by atoms with Crippen LogP contribution in [0.4, 0.5) is 11.4 Å². The molecule has 2 aromatic carbocycles. The van der Waals surface area contributed by atoms with E-state index in [9.17, 15) is 4.79 Å². The van der Waals surface area contributed by atoms with Crippen molar-refractivity contribution in [3.05, 3.63) is 52.9 Å². The van der Waals surface area contributed by atoms with E-state index in [-0.39, 0.29) is 5.91 Å². The first-order valence-corrected chi connectivity index (χ1v) is 10.3. The van der Waals surface area contributed by atoms with E-state index in [1.807, 2.05) is 48.5 Å². The van der Waals surface area contributed by atoms with E-state index in [4.69, 9.17) is 9.47 Å². The zero-order valence-corrected chi connectivity index (χ0v) is 17.9. The minimum atomic E-state index is -0.169. The second kappa shape index (κ2) is 9.52. The maximum atomic E-state index is 12.4. The number of methoxy groups -OCH3 is 2. The summed E-state index contributed by atoms with van der Waals surface area (Å²) in [7, 11) is 3.26. The van der Waals surface area contributed by atoms with Gasteiger partial charge in [-0.1, -0.05) is 0 Å². The Kier molecular flexibility index (Phi) is 6.82. The van der Waals surface area contributed by atoms with Crippen LogP contribution in [0.2, 0.25) is 0 Å². The van der Waals surface area contributed by atoms with Gasteiger partial charge in [-0.15, -0.1) is 0 Å². The van der Waals surface area contributed by atoms with Crippen molar-refractivity contribution >= 4 is 40.3 Å². The number of benzene rings is 2. The molecule has 1 heterocycles. The molecular weight excluding hydrogens is 386 g/mol. The van der Waals surface area contributed by atoms with Crippen molar-refractivity contribution in [2.24, 2.45) is 4.99 Å². The van der Waals surface area contributed by atoms with Crippen LogP contribution in [0.25, 0.3) is 6.08 Å². The average molecular weight is 412 g/mol. The van der Waals surface area contributed by atoms with E-state index in [0.717, 1.165) is 41.5 Å². The number of amidine groups is 1. The Hall–Kier alpha value is -2.93.